The zero-order valence-corrected chi connectivity index (χ0v) is 11.0. The number of carbonyl (C=O) groups excluding carboxylic acids is 2. The fourth-order valence-electron chi connectivity index (χ4n) is 1.34. The monoisotopic (exact) mass is 265 g/mol. The first-order chi connectivity index (χ1) is 8.86. The molecule has 2 amide bonds. The maximum Gasteiger partial charge on any atom is 0.288 e. The predicted molar refractivity (Wildman–Crippen MR) is 67.6 cm³/mol. The summed E-state index contributed by atoms with van der Waals surface area (Å²) in [6, 6.07) is 1.11. The molecule has 7 nitrogen and oxygen atoms in total. The number of pyridine rings is 1. The molecule has 102 valence electrons. The lowest BCUT2D eigenvalue weighted by Gasteiger charge is -2.09. The minimum atomic E-state index is -0.668. The second kappa shape index (κ2) is 6.03. The molecular weight excluding hydrogens is 250 g/mol. The van der Waals surface area contributed by atoms with Crippen molar-refractivity contribution in [2.45, 2.75) is 27.2 Å². The van der Waals surface area contributed by atoms with Gasteiger partial charge < -0.3 is 0 Å². The van der Waals surface area contributed by atoms with Crippen LogP contribution >= 0.6 is 0 Å². The Morgan fingerprint density at radius 3 is 2.68 bits per heavy atom. The normalized spacial score (nSPS) is 11.7. The van der Waals surface area contributed by atoms with Crippen LogP contribution in [0.4, 0.5) is 5.69 Å². The van der Waals surface area contributed by atoms with Crippen molar-refractivity contribution < 1.29 is 14.5 Å². The van der Waals surface area contributed by atoms with Gasteiger partial charge in [-0.15, -0.1) is 0 Å². The highest BCUT2D eigenvalue weighted by molar-refractivity contribution is 6.06. The number of hydrogen-bond acceptors (Lipinski definition) is 5. The average molecular weight is 265 g/mol. The Hall–Kier alpha value is -2.31. The highest BCUT2D eigenvalue weighted by Crippen LogP contribution is 2.14. The van der Waals surface area contributed by atoms with Crippen molar-refractivity contribution in [1.82, 2.24) is 10.3 Å². The molecule has 0 radical (unpaired) electrons. The lowest BCUT2D eigenvalue weighted by atomic mass is 10.1. The summed E-state index contributed by atoms with van der Waals surface area (Å²) in [5.74, 6) is -1.37. The number of nitro groups is 1. The fourth-order valence-corrected chi connectivity index (χ4v) is 1.34. The Labute approximate surface area is 110 Å². The Bertz CT molecular complexity index is 528. The molecule has 0 aliphatic carbocycles. The summed E-state index contributed by atoms with van der Waals surface area (Å²) >= 11 is 0. The zero-order chi connectivity index (χ0) is 14.6. The van der Waals surface area contributed by atoms with Crippen molar-refractivity contribution in [2.24, 2.45) is 5.92 Å². The first-order valence-corrected chi connectivity index (χ1v) is 5.83. The number of rotatable bonds is 4. The van der Waals surface area contributed by atoms with Gasteiger partial charge >= 0.3 is 0 Å². The molecule has 0 aliphatic heterocycles. The molecule has 7 heteroatoms. The molecule has 0 saturated carbocycles. The van der Waals surface area contributed by atoms with Gasteiger partial charge in [0, 0.05) is 12.0 Å². The first-order valence-electron chi connectivity index (χ1n) is 5.83. The minimum Gasteiger partial charge on any atom is -0.292 e. The van der Waals surface area contributed by atoms with Crippen LogP contribution in [0.15, 0.2) is 12.3 Å². The summed E-state index contributed by atoms with van der Waals surface area (Å²) < 4.78 is 0. The second-order valence-electron chi connectivity index (χ2n) is 4.21. The molecule has 1 aromatic heterocycles. The molecule has 19 heavy (non-hydrogen) atoms. The maximum absolute atomic E-state index is 11.9. The van der Waals surface area contributed by atoms with Gasteiger partial charge in [0.1, 0.15) is 6.20 Å². The van der Waals surface area contributed by atoms with E-state index in [0.29, 0.717) is 12.1 Å². The predicted octanol–water partition coefficient (Wildman–Crippen LogP) is 1.60. The lowest BCUT2D eigenvalue weighted by Crippen LogP contribution is -2.35. The van der Waals surface area contributed by atoms with E-state index < -0.39 is 16.7 Å². The van der Waals surface area contributed by atoms with Crippen molar-refractivity contribution in [1.29, 1.82) is 0 Å². The summed E-state index contributed by atoms with van der Waals surface area (Å²) in [4.78, 5) is 37.2. The van der Waals surface area contributed by atoms with E-state index in [2.05, 4.69) is 10.3 Å². The van der Waals surface area contributed by atoms with Gasteiger partial charge in [-0.05, 0) is 13.3 Å². The number of hydrogen-bond donors (Lipinski definition) is 1. The minimum absolute atomic E-state index is 0.0332. The van der Waals surface area contributed by atoms with Gasteiger partial charge in [0.15, 0.2) is 0 Å². The van der Waals surface area contributed by atoms with E-state index in [0.717, 1.165) is 12.3 Å². The molecule has 1 atom stereocenters. The molecule has 0 aliphatic rings. The lowest BCUT2D eigenvalue weighted by molar-refractivity contribution is -0.385. The van der Waals surface area contributed by atoms with Crippen LogP contribution in [0.2, 0.25) is 0 Å². The maximum atomic E-state index is 11.9. The van der Waals surface area contributed by atoms with Crippen LogP contribution in [0.25, 0.3) is 0 Å². The third-order valence-corrected chi connectivity index (χ3v) is 2.82. The number of imide groups is 1. The van der Waals surface area contributed by atoms with Gasteiger partial charge in [-0.2, -0.15) is 0 Å². The SMILES string of the molecule is CCC(C)C(=O)NC(=O)c1cc([N+](=O)[O-])cnc1C. The highest BCUT2D eigenvalue weighted by atomic mass is 16.6. The van der Waals surface area contributed by atoms with Crippen molar-refractivity contribution in [3.63, 3.8) is 0 Å². The third-order valence-electron chi connectivity index (χ3n) is 2.82. The van der Waals surface area contributed by atoms with Crippen LogP contribution in [-0.4, -0.2) is 21.7 Å². The van der Waals surface area contributed by atoms with Gasteiger partial charge in [-0.1, -0.05) is 13.8 Å². The Morgan fingerprint density at radius 2 is 2.16 bits per heavy atom. The van der Waals surface area contributed by atoms with Gasteiger partial charge in [0.25, 0.3) is 11.6 Å². The molecule has 0 fully saturated rings. The quantitative estimate of drug-likeness (QED) is 0.658. The van der Waals surface area contributed by atoms with Crippen LogP contribution in [0, 0.1) is 23.0 Å². The smallest absolute Gasteiger partial charge is 0.288 e. The Balaban J connectivity index is 2.96. The molecule has 0 spiro atoms. The average Bonchev–Trinajstić information content (AvgIpc) is 2.37. The van der Waals surface area contributed by atoms with Crippen LogP contribution in [0.3, 0.4) is 0 Å². The molecular formula is C12H15N3O4. The summed E-state index contributed by atoms with van der Waals surface area (Å²) in [6.45, 7) is 5.07. The number of aryl methyl sites for hydroxylation is 1. The summed E-state index contributed by atoms with van der Waals surface area (Å²) in [7, 11) is 0. The Morgan fingerprint density at radius 1 is 1.53 bits per heavy atom. The molecule has 1 heterocycles. The fraction of sp³-hybridized carbons (Fsp3) is 0.417. The number of nitrogens with one attached hydrogen (secondary N) is 1. The van der Waals surface area contributed by atoms with Crippen LogP contribution in [0.1, 0.15) is 36.3 Å². The van der Waals surface area contributed by atoms with Crippen molar-refractivity contribution in [2.75, 3.05) is 0 Å². The standard InChI is InChI=1S/C12H15N3O4/c1-4-7(2)11(16)14-12(17)10-5-9(15(18)19)6-13-8(10)3/h5-7H,4H2,1-3H3,(H,14,16,17). The van der Waals surface area contributed by atoms with E-state index in [1.54, 1.807) is 13.8 Å². The largest absolute Gasteiger partial charge is 0.292 e. The molecule has 0 bridgehead atoms. The van der Waals surface area contributed by atoms with Gasteiger partial charge in [0.05, 0.1) is 16.2 Å². The van der Waals surface area contributed by atoms with Gasteiger partial charge in [0.2, 0.25) is 5.91 Å². The molecule has 1 N–H and O–H groups in total. The molecule has 0 saturated heterocycles. The van der Waals surface area contributed by atoms with Crippen LogP contribution in [-0.2, 0) is 4.79 Å². The number of amides is 2. The summed E-state index contributed by atoms with van der Waals surface area (Å²) in [5, 5.41) is 12.8. The van der Waals surface area contributed by atoms with Gasteiger partial charge in [-0.3, -0.25) is 30.0 Å². The van der Waals surface area contributed by atoms with E-state index in [1.807, 2.05) is 6.92 Å². The molecule has 1 aromatic rings. The highest BCUT2D eigenvalue weighted by Gasteiger charge is 2.19. The van der Waals surface area contributed by atoms with Crippen molar-refractivity contribution in [3.05, 3.63) is 33.6 Å². The summed E-state index contributed by atoms with van der Waals surface area (Å²) in [5.41, 5.74) is 0.0812. The van der Waals surface area contributed by atoms with E-state index >= 15 is 0 Å². The zero-order valence-electron chi connectivity index (χ0n) is 11.0. The number of carbonyl (C=O) groups is 2. The van der Waals surface area contributed by atoms with E-state index in [1.165, 1.54) is 0 Å². The molecule has 1 unspecified atom stereocenters. The van der Waals surface area contributed by atoms with E-state index in [4.69, 9.17) is 0 Å². The number of nitrogens with zero attached hydrogens (tertiary/aromatic N) is 2. The van der Waals surface area contributed by atoms with Crippen molar-refractivity contribution in [3.8, 4) is 0 Å². The Kier molecular flexibility index (Phi) is 4.68. The van der Waals surface area contributed by atoms with E-state index in [9.17, 15) is 19.7 Å². The van der Waals surface area contributed by atoms with Gasteiger partial charge in [-0.25, -0.2) is 0 Å². The van der Waals surface area contributed by atoms with Crippen LogP contribution < -0.4 is 5.32 Å². The van der Waals surface area contributed by atoms with Crippen LogP contribution in [0.5, 0.6) is 0 Å². The van der Waals surface area contributed by atoms with E-state index in [-0.39, 0.29) is 17.2 Å². The summed E-state index contributed by atoms with van der Waals surface area (Å²) in [6.07, 6.45) is 1.67. The van der Waals surface area contributed by atoms with Crippen molar-refractivity contribution >= 4 is 17.5 Å². The first kappa shape index (κ1) is 14.7. The number of aromatic nitrogens is 1. The molecule has 0 aromatic carbocycles. The topological polar surface area (TPSA) is 102 Å². The molecule has 1 rings (SSSR count). The second-order valence-corrected chi connectivity index (χ2v) is 4.21. The third kappa shape index (κ3) is 3.57.